The smallest absolute Gasteiger partial charge is 0.173 e. The van der Waals surface area contributed by atoms with Gasteiger partial charge in [0.2, 0.25) is 0 Å². The Balaban J connectivity index is 1.64. The lowest BCUT2D eigenvalue weighted by molar-refractivity contribution is 0.0941. The van der Waals surface area contributed by atoms with Crippen molar-refractivity contribution in [1.82, 2.24) is 4.90 Å². The number of furan rings is 1. The molecule has 0 saturated carbocycles. The number of aliphatic hydroxyl groups is 1. The predicted molar refractivity (Wildman–Crippen MR) is 135 cm³/mol. The van der Waals surface area contributed by atoms with Crippen LogP contribution in [0.25, 0.3) is 0 Å². The third-order valence-corrected chi connectivity index (χ3v) is 6.23. The number of hydrogen-bond donors (Lipinski definition) is 1. The summed E-state index contributed by atoms with van der Waals surface area (Å²) in [6.07, 6.45) is 0.854. The zero-order valence-corrected chi connectivity index (χ0v) is 20.6. The molecule has 1 heterocycles. The highest BCUT2D eigenvalue weighted by molar-refractivity contribution is 5.44. The second-order valence-corrected chi connectivity index (χ2v) is 9.04. The average molecular weight is 492 g/mol. The standard InChI is InChI=1S/C30H31F2NO3/c1-22-10-12-23(13-11-22)20-33(16-5-17-35-2)21-28-14-15-29(36-28)30(34,24-6-3-8-26(31)18-24)25-7-4-9-27(32)19-25/h3-4,6-15,18-19,34H,5,16-17,20-21H2,1-2H3. The van der Waals surface area contributed by atoms with E-state index >= 15 is 0 Å². The van der Waals surface area contributed by atoms with Crippen molar-refractivity contribution in [1.29, 1.82) is 0 Å². The van der Waals surface area contributed by atoms with Crippen LogP contribution in [0.1, 0.15) is 40.2 Å². The lowest BCUT2D eigenvalue weighted by Gasteiger charge is -2.27. The fourth-order valence-electron chi connectivity index (χ4n) is 4.35. The largest absolute Gasteiger partial charge is 0.461 e. The van der Waals surface area contributed by atoms with Gasteiger partial charge in [-0.15, -0.1) is 0 Å². The first-order chi connectivity index (χ1) is 17.4. The quantitative estimate of drug-likeness (QED) is 0.254. The van der Waals surface area contributed by atoms with E-state index in [0.29, 0.717) is 18.9 Å². The molecule has 188 valence electrons. The van der Waals surface area contributed by atoms with Gasteiger partial charge in [-0.25, -0.2) is 8.78 Å². The highest BCUT2D eigenvalue weighted by Gasteiger charge is 2.38. The van der Waals surface area contributed by atoms with Gasteiger partial charge in [-0.3, -0.25) is 4.90 Å². The summed E-state index contributed by atoms with van der Waals surface area (Å²) in [5.41, 5.74) is 1.03. The molecule has 4 rings (SSSR count). The molecule has 1 N–H and O–H groups in total. The molecule has 3 aromatic carbocycles. The Hall–Kier alpha value is -3.32. The second kappa shape index (κ2) is 11.6. The van der Waals surface area contributed by atoms with Gasteiger partial charge in [-0.05, 0) is 66.4 Å². The summed E-state index contributed by atoms with van der Waals surface area (Å²) < 4.78 is 39.7. The first-order valence-corrected chi connectivity index (χ1v) is 12.0. The Kier molecular flexibility index (Phi) is 8.31. The van der Waals surface area contributed by atoms with E-state index in [1.54, 1.807) is 31.4 Å². The van der Waals surface area contributed by atoms with Crippen LogP contribution < -0.4 is 0 Å². The summed E-state index contributed by atoms with van der Waals surface area (Å²) in [7, 11) is 1.68. The van der Waals surface area contributed by atoms with Gasteiger partial charge in [-0.2, -0.15) is 0 Å². The lowest BCUT2D eigenvalue weighted by Crippen LogP contribution is -2.29. The third kappa shape index (κ3) is 6.08. The van der Waals surface area contributed by atoms with Gasteiger partial charge < -0.3 is 14.3 Å². The normalized spacial score (nSPS) is 11.8. The molecule has 0 saturated heterocycles. The number of nitrogens with zero attached hydrogens (tertiary/aromatic N) is 1. The maximum atomic E-state index is 14.1. The molecule has 4 aromatic rings. The molecular weight excluding hydrogens is 460 g/mol. The van der Waals surface area contributed by atoms with Gasteiger partial charge in [0.05, 0.1) is 6.54 Å². The van der Waals surface area contributed by atoms with E-state index in [1.807, 2.05) is 0 Å². The minimum atomic E-state index is -1.86. The number of aryl methyl sites for hydroxylation is 1. The van der Waals surface area contributed by atoms with E-state index in [1.165, 1.54) is 47.5 Å². The minimum Gasteiger partial charge on any atom is -0.461 e. The molecule has 0 bridgehead atoms. The number of hydrogen-bond acceptors (Lipinski definition) is 4. The van der Waals surface area contributed by atoms with Crippen molar-refractivity contribution in [3.8, 4) is 0 Å². The van der Waals surface area contributed by atoms with Gasteiger partial charge in [0.1, 0.15) is 23.2 Å². The summed E-state index contributed by atoms with van der Waals surface area (Å²) in [5.74, 6) is -0.172. The molecule has 0 aliphatic carbocycles. The SMILES string of the molecule is COCCCN(Cc1ccc(C)cc1)Cc1ccc(C(O)(c2cccc(F)c2)c2cccc(F)c2)o1. The van der Waals surface area contributed by atoms with Crippen LogP contribution in [0, 0.1) is 18.6 Å². The number of benzene rings is 3. The van der Waals surface area contributed by atoms with Crippen molar-refractivity contribution < 1.29 is 23.0 Å². The number of ether oxygens (including phenoxy) is 1. The number of methoxy groups -OCH3 is 1. The molecule has 1 aromatic heterocycles. The monoisotopic (exact) mass is 491 g/mol. The zero-order chi connectivity index (χ0) is 25.5. The molecule has 4 nitrogen and oxygen atoms in total. The van der Waals surface area contributed by atoms with Gasteiger partial charge in [0.25, 0.3) is 0 Å². The van der Waals surface area contributed by atoms with E-state index in [-0.39, 0.29) is 16.9 Å². The third-order valence-electron chi connectivity index (χ3n) is 6.23. The van der Waals surface area contributed by atoms with Crippen molar-refractivity contribution in [3.05, 3.63) is 130 Å². The maximum absolute atomic E-state index is 14.1. The van der Waals surface area contributed by atoms with Crippen molar-refractivity contribution in [3.63, 3.8) is 0 Å². The van der Waals surface area contributed by atoms with Gasteiger partial charge in [0, 0.05) is 26.8 Å². The summed E-state index contributed by atoms with van der Waals surface area (Å²) >= 11 is 0. The van der Waals surface area contributed by atoms with Crippen LogP contribution in [0.15, 0.2) is 89.3 Å². The van der Waals surface area contributed by atoms with E-state index in [2.05, 4.69) is 36.1 Å². The van der Waals surface area contributed by atoms with Crippen molar-refractivity contribution >= 4 is 0 Å². The highest BCUT2D eigenvalue weighted by atomic mass is 19.1. The van der Waals surface area contributed by atoms with Crippen LogP contribution in [0.5, 0.6) is 0 Å². The number of rotatable bonds is 11. The van der Waals surface area contributed by atoms with Gasteiger partial charge in [0.15, 0.2) is 5.60 Å². The fraction of sp³-hybridized carbons (Fsp3) is 0.267. The van der Waals surface area contributed by atoms with Crippen molar-refractivity contribution in [2.75, 3.05) is 20.3 Å². The van der Waals surface area contributed by atoms with Gasteiger partial charge in [-0.1, -0.05) is 54.1 Å². The zero-order valence-electron chi connectivity index (χ0n) is 20.6. The average Bonchev–Trinajstić information content (AvgIpc) is 3.34. The molecule has 0 unspecified atom stereocenters. The summed E-state index contributed by atoms with van der Waals surface area (Å²) in [6.45, 7) is 4.71. The summed E-state index contributed by atoms with van der Waals surface area (Å²) in [6, 6.07) is 23.2. The Morgan fingerprint density at radius 1 is 0.861 bits per heavy atom. The number of halogens is 2. The molecule has 0 fully saturated rings. The van der Waals surface area contributed by atoms with Crippen LogP contribution >= 0.6 is 0 Å². The van der Waals surface area contributed by atoms with Crippen molar-refractivity contribution in [2.24, 2.45) is 0 Å². The lowest BCUT2D eigenvalue weighted by atomic mass is 9.84. The molecule has 36 heavy (non-hydrogen) atoms. The Morgan fingerprint density at radius 2 is 1.50 bits per heavy atom. The van der Waals surface area contributed by atoms with Crippen LogP contribution in [0.4, 0.5) is 8.78 Å². The topological polar surface area (TPSA) is 45.8 Å². The van der Waals surface area contributed by atoms with Crippen LogP contribution in [-0.2, 0) is 23.4 Å². The second-order valence-electron chi connectivity index (χ2n) is 9.04. The van der Waals surface area contributed by atoms with Gasteiger partial charge >= 0.3 is 0 Å². The van der Waals surface area contributed by atoms with E-state index < -0.39 is 17.2 Å². The van der Waals surface area contributed by atoms with E-state index in [0.717, 1.165) is 19.5 Å². The molecule has 0 aliphatic rings. The first-order valence-electron chi connectivity index (χ1n) is 12.0. The predicted octanol–water partition coefficient (Wildman–Crippen LogP) is 6.19. The molecule has 0 radical (unpaired) electrons. The van der Waals surface area contributed by atoms with Crippen LogP contribution in [0.2, 0.25) is 0 Å². The fourth-order valence-corrected chi connectivity index (χ4v) is 4.35. The molecule has 0 spiro atoms. The molecule has 0 aliphatic heterocycles. The van der Waals surface area contributed by atoms with Crippen LogP contribution in [-0.4, -0.2) is 30.3 Å². The Morgan fingerprint density at radius 3 is 2.08 bits per heavy atom. The van der Waals surface area contributed by atoms with E-state index in [9.17, 15) is 13.9 Å². The Bertz CT molecular complexity index is 1220. The Labute approximate surface area is 210 Å². The molecule has 0 atom stereocenters. The van der Waals surface area contributed by atoms with Crippen molar-refractivity contribution in [2.45, 2.75) is 32.0 Å². The highest BCUT2D eigenvalue weighted by Crippen LogP contribution is 2.38. The molecule has 0 amide bonds. The minimum absolute atomic E-state index is 0.195. The maximum Gasteiger partial charge on any atom is 0.173 e. The summed E-state index contributed by atoms with van der Waals surface area (Å²) in [5, 5.41) is 11.9. The molecular formula is C30H31F2NO3. The first kappa shape index (κ1) is 25.8. The van der Waals surface area contributed by atoms with E-state index in [4.69, 9.17) is 9.15 Å². The van der Waals surface area contributed by atoms with Crippen LogP contribution in [0.3, 0.4) is 0 Å². The summed E-state index contributed by atoms with van der Waals surface area (Å²) in [4.78, 5) is 2.25. The molecule has 6 heteroatoms.